The van der Waals surface area contributed by atoms with Crippen LogP contribution in [0.15, 0.2) is 36.4 Å². The molecule has 0 atom stereocenters. The molecule has 10 nitrogen and oxygen atoms in total. The fourth-order valence-electron chi connectivity index (χ4n) is 2.82. The number of rotatable bonds is 8. The zero-order valence-corrected chi connectivity index (χ0v) is 15.9. The molecule has 152 valence electrons. The fourth-order valence-corrected chi connectivity index (χ4v) is 2.82. The first-order valence-electron chi connectivity index (χ1n) is 8.78. The summed E-state index contributed by atoms with van der Waals surface area (Å²) >= 11 is 0. The molecule has 29 heavy (non-hydrogen) atoms. The molecule has 2 aromatic rings. The lowest BCUT2D eigenvalue weighted by molar-refractivity contribution is -0.385. The lowest BCUT2D eigenvalue weighted by atomic mass is 10.1. The SMILES string of the molecule is Cc1c(C(=O)NCCCNC(=O)c2cccc([N+](=O)[O-])c2C)cccc1[N+](=O)[O-]. The normalized spacial score (nSPS) is 10.3. The summed E-state index contributed by atoms with van der Waals surface area (Å²) in [6.07, 6.45) is 0.416. The summed E-state index contributed by atoms with van der Waals surface area (Å²) in [7, 11) is 0. The van der Waals surface area contributed by atoms with Crippen molar-refractivity contribution in [1.82, 2.24) is 10.6 Å². The van der Waals surface area contributed by atoms with Crippen LogP contribution in [0.4, 0.5) is 11.4 Å². The highest BCUT2D eigenvalue weighted by atomic mass is 16.6. The zero-order chi connectivity index (χ0) is 21.6. The van der Waals surface area contributed by atoms with Crippen LogP contribution >= 0.6 is 0 Å². The molecule has 0 unspecified atom stereocenters. The van der Waals surface area contributed by atoms with Crippen LogP contribution in [-0.4, -0.2) is 34.8 Å². The van der Waals surface area contributed by atoms with Crippen molar-refractivity contribution in [2.75, 3.05) is 13.1 Å². The maximum atomic E-state index is 12.2. The number of hydrogen-bond acceptors (Lipinski definition) is 6. The molecule has 0 bridgehead atoms. The van der Waals surface area contributed by atoms with E-state index in [4.69, 9.17) is 0 Å². The molecule has 0 aliphatic rings. The molecule has 2 rings (SSSR count). The fraction of sp³-hybridized carbons (Fsp3) is 0.263. The summed E-state index contributed by atoms with van der Waals surface area (Å²) in [5, 5.41) is 27.2. The Kier molecular flexibility index (Phi) is 6.96. The number of carbonyl (C=O) groups excluding carboxylic acids is 2. The average molecular weight is 400 g/mol. The van der Waals surface area contributed by atoms with Gasteiger partial charge in [-0.1, -0.05) is 12.1 Å². The molecule has 0 spiro atoms. The van der Waals surface area contributed by atoms with Crippen LogP contribution in [0.3, 0.4) is 0 Å². The second-order valence-electron chi connectivity index (χ2n) is 6.28. The number of nitrogens with zero attached hydrogens (tertiary/aromatic N) is 2. The molecule has 10 heteroatoms. The summed E-state index contributed by atoms with van der Waals surface area (Å²) in [6.45, 7) is 3.51. The highest BCUT2D eigenvalue weighted by molar-refractivity contribution is 5.97. The van der Waals surface area contributed by atoms with E-state index < -0.39 is 21.7 Å². The van der Waals surface area contributed by atoms with E-state index in [9.17, 15) is 29.8 Å². The number of nitro benzene ring substituents is 2. The van der Waals surface area contributed by atoms with Gasteiger partial charge in [0, 0.05) is 47.5 Å². The van der Waals surface area contributed by atoms with E-state index in [-0.39, 0.29) is 46.7 Å². The van der Waals surface area contributed by atoms with Gasteiger partial charge < -0.3 is 10.6 Å². The van der Waals surface area contributed by atoms with Gasteiger partial charge in [-0.05, 0) is 32.4 Å². The third-order valence-corrected chi connectivity index (χ3v) is 4.42. The van der Waals surface area contributed by atoms with E-state index >= 15 is 0 Å². The van der Waals surface area contributed by atoms with E-state index in [1.54, 1.807) is 0 Å². The van der Waals surface area contributed by atoms with Crippen LogP contribution in [-0.2, 0) is 0 Å². The van der Waals surface area contributed by atoms with Gasteiger partial charge in [0.1, 0.15) is 0 Å². The number of carbonyl (C=O) groups is 2. The van der Waals surface area contributed by atoms with Crippen molar-refractivity contribution in [3.8, 4) is 0 Å². The number of hydrogen-bond donors (Lipinski definition) is 2. The van der Waals surface area contributed by atoms with Gasteiger partial charge in [0.15, 0.2) is 0 Å². The molecule has 0 aromatic heterocycles. The van der Waals surface area contributed by atoms with Crippen LogP contribution in [0.1, 0.15) is 38.3 Å². The van der Waals surface area contributed by atoms with E-state index in [2.05, 4.69) is 10.6 Å². The molecule has 0 saturated heterocycles. The van der Waals surface area contributed by atoms with E-state index in [1.807, 2.05) is 0 Å². The van der Waals surface area contributed by atoms with Crippen molar-refractivity contribution in [2.24, 2.45) is 0 Å². The van der Waals surface area contributed by atoms with Crippen molar-refractivity contribution in [2.45, 2.75) is 20.3 Å². The lowest BCUT2D eigenvalue weighted by Gasteiger charge is -2.10. The monoisotopic (exact) mass is 400 g/mol. The smallest absolute Gasteiger partial charge is 0.273 e. The Hall–Kier alpha value is -3.82. The van der Waals surface area contributed by atoms with E-state index in [1.165, 1.54) is 50.2 Å². The first-order chi connectivity index (χ1) is 13.7. The van der Waals surface area contributed by atoms with Crippen molar-refractivity contribution in [3.05, 3.63) is 78.9 Å². The summed E-state index contributed by atoms with van der Waals surface area (Å²) in [4.78, 5) is 45.3. The Labute approximate surface area is 166 Å². The molecule has 0 aliphatic heterocycles. The molecule has 0 radical (unpaired) electrons. The molecule has 0 aliphatic carbocycles. The van der Waals surface area contributed by atoms with Crippen LogP contribution in [0.2, 0.25) is 0 Å². The Morgan fingerprint density at radius 1 is 0.793 bits per heavy atom. The van der Waals surface area contributed by atoms with Gasteiger partial charge in [-0.15, -0.1) is 0 Å². The summed E-state index contributed by atoms with van der Waals surface area (Å²) in [5.74, 6) is -0.876. The molecular formula is C19H20N4O6. The van der Waals surface area contributed by atoms with E-state index in [0.717, 1.165) is 0 Å². The highest BCUT2D eigenvalue weighted by Crippen LogP contribution is 2.21. The summed E-state index contributed by atoms with van der Waals surface area (Å²) in [6, 6.07) is 8.56. The van der Waals surface area contributed by atoms with Gasteiger partial charge in [0.2, 0.25) is 0 Å². The topological polar surface area (TPSA) is 144 Å². The minimum absolute atomic E-state index is 0.128. The number of nitro groups is 2. The third-order valence-electron chi connectivity index (χ3n) is 4.42. The summed E-state index contributed by atoms with van der Waals surface area (Å²) in [5.41, 5.74) is 0.745. The third kappa shape index (κ3) is 5.12. The molecular weight excluding hydrogens is 380 g/mol. The van der Waals surface area contributed by atoms with Crippen molar-refractivity contribution in [1.29, 1.82) is 0 Å². The Morgan fingerprint density at radius 2 is 1.17 bits per heavy atom. The Balaban J connectivity index is 1.86. The number of nitrogens with one attached hydrogen (secondary N) is 2. The zero-order valence-electron chi connectivity index (χ0n) is 15.9. The highest BCUT2D eigenvalue weighted by Gasteiger charge is 2.19. The first-order valence-corrected chi connectivity index (χ1v) is 8.78. The van der Waals surface area contributed by atoms with Gasteiger partial charge in [-0.3, -0.25) is 29.8 Å². The van der Waals surface area contributed by atoms with Crippen molar-refractivity contribution in [3.63, 3.8) is 0 Å². The second-order valence-corrected chi connectivity index (χ2v) is 6.28. The molecule has 2 N–H and O–H groups in total. The van der Waals surface area contributed by atoms with Crippen molar-refractivity contribution >= 4 is 23.2 Å². The first kappa shape index (κ1) is 21.5. The van der Waals surface area contributed by atoms with Crippen LogP contribution in [0.25, 0.3) is 0 Å². The quantitative estimate of drug-likeness (QED) is 0.396. The second kappa shape index (κ2) is 9.40. The maximum absolute atomic E-state index is 12.2. The molecule has 0 heterocycles. The maximum Gasteiger partial charge on any atom is 0.273 e. The van der Waals surface area contributed by atoms with Crippen LogP contribution in [0, 0.1) is 34.1 Å². The van der Waals surface area contributed by atoms with Crippen LogP contribution in [0.5, 0.6) is 0 Å². The largest absolute Gasteiger partial charge is 0.352 e. The predicted octanol–water partition coefficient (Wildman–Crippen LogP) is 2.67. The Morgan fingerprint density at radius 3 is 1.52 bits per heavy atom. The van der Waals surface area contributed by atoms with Crippen molar-refractivity contribution < 1.29 is 19.4 Å². The molecule has 2 amide bonds. The average Bonchev–Trinajstić information content (AvgIpc) is 2.67. The predicted molar refractivity (Wildman–Crippen MR) is 105 cm³/mol. The Bertz CT molecular complexity index is 896. The van der Waals surface area contributed by atoms with Gasteiger partial charge in [-0.25, -0.2) is 0 Å². The minimum Gasteiger partial charge on any atom is -0.352 e. The van der Waals surface area contributed by atoms with Gasteiger partial charge in [0.25, 0.3) is 23.2 Å². The van der Waals surface area contributed by atoms with E-state index in [0.29, 0.717) is 6.42 Å². The summed E-state index contributed by atoms with van der Waals surface area (Å²) < 4.78 is 0. The number of amides is 2. The lowest BCUT2D eigenvalue weighted by Crippen LogP contribution is -2.30. The molecule has 0 fully saturated rings. The number of benzene rings is 2. The molecule has 0 saturated carbocycles. The standard InChI is InChI=1S/C19H20N4O6/c1-12-14(6-3-8-16(12)22(26)27)18(24)20-10-5-11-21-19(25)15-7-4-9-17(13(15)2)23(28)29/h3-4,6-9H,5,10-11H2,1-2H3,(H,20,24)(H,21,25). The molecule has 2 aromatic carbocycles. The van der Waals surface area contributed by atoms with Crippen LogP contribution < -0.4 is 10.6 Å². The van der Waals surface area contributed by atoms with Gasteiger partial charge in [0.05, 0.1) is 9.85 Å². The van der Waals surface area contributed by atoms with Gasteiger partial charge in [-0.2, -0.15) is 0 Å². The minimum atomic E-state index is -0.544. The van der Waals surface area contributed by atoms with Gasteiger partial charge >= 0.3 is 0 Å².